The van der Waals surface area contributed by atoms with Crippen molar-refractivity contribution in [3.8, 4) is 0 Å². The van der Waals surface area contributed by atoms with Crippen LogP contribution in [0.1, 0.15) is 23.7 Å². The molecule has 0 fully saturated rings. The van der Waals surface area contributed by atoms with E-state index < -0.39 is 10.0 Å². The first-order valence-electron chi connectivity index (χ1n) is 5.45. The summed E-state index contributed by atoms with van der Waals surface area (Å²) in [6.07, 6.45) is 0.800. The van der Waals surface area contributed by atoms with Crippen molar-refractivity contribution < 1.29 is 13.2 Å². The fourth-order valence-electron chi connectivity index (χ4n) is 1.55. The highest BCUT2D eigenvalue weighted by Gasteiger charge is 2.20. The van der Waals surface area contributed by atoms with Crippen molar-refractivity contribution in [2.45, 2.75) is 18.2 Å². The number of nitrogens with two attached hydrogens (primary N) is 1. The molecule has 0 aliphatic rings. The lowest BCUT2D eigenvalue weighted by molar-refractivity contribution is 0.0795. The van der Waals surface area contributed by atoms with Crippen LogP contribution in [-0.2, 0) is 10.0 Å². The molecular weight excluding hydrogens is 356 g/mol. The summed E-state index contributed by atoms with van der Waals surface area (Å²) in [5, 5.41) is 5.21. The Hall–Kier alpha value is -0.630. The van der Waals surface area contributed by atoms with Gasteiger partial charge in [0.25, 0.3) is 5.91 Å². The monoisotopic (exact) mass is 368 g/mol. The van der Waals surface area contributed by atoms with E-state index in [1.54, 1.807) is 7.05 Å². The maximum Gasteiger partial charge on any atom is 0.253 e. The van der Waals surface area contributed by atoms with Gasteiger partial charge in [-0.2, -0.15) is 0 Å². The molecule has 106 valence electrons. The van der Waals surface area contributed by atoms with Gasteiger partial charge in [-0.15, -0.1) is 0 Å². The Labute approximate surface area is 125 Å². The van der Waals surface area contributed by atoms with Crippen molar-refractivity contribution >= 4 is 43.5 Å². The van der Waals surface area contributed by atoms with Crippen LogP contribution in [0.2, 0.25) is 5.02 Å². The molecule has 0 saturated carbocycles. The first kappa shape index (κ1) is 16.4. The van der Waals surface area contributed by atoms with Crippen molar-refractivity contribution in [2.75, 3.05) is 13.6 Å². The van der Waals surface area contributed by atoms with Gasteiger partial charge in [0.15, 0.2) is 0 Å². The molecule has 0 radical (unpaired) electrons. The lowest BCUT2D eigenvalue weighted by Gasteiger charge is -2.17. The van der Waals surface area contributed by atoms with Gasteiger partial charge in [-0.3, -0.25) is 4.79 Å². The molecule has 1 amide bonds. The topological polar surface area (TPSA) is 80.5 Å². The number of carbonyl (C=O) groups excluding carboxylic acids is 1. The van der Waals surface area contributed by atoms with Gasteiger partial charge in [0.2, 0.25) is 10.0 Å². The molecule has 0 spiro atoms. The normalized spacial score (nSPS) is 11.4. The third-order valence-corrected chi connectivity index (χ3v) is 5.03. The molecule has 0 aliphatic carbocycles. The summed E-state index contributed by atoms with van der Waals surface area (Å²) >= 11 is 8.96. The van der Waals surface area contributed by atoms with Crippen molar-refractivity contribution in [3.63, 3.8) is 0 Å². The summed E-state index contributed by atoms with van der Waals surface area (Å²) in [6.45, 7) is 2.51. The summed E-state index contributed by atoms with van der Waals surface area (Å²) < 4.78 is 23.0. The zero-order valence-electron chi connectivity index (χ0n) is 10.5. The van der Waals surface area contributed by atoms with Gasteiger partial charge in [0.05, 0.1) is 14.4 Å². The van der Waals surface area contributed by atoms with Crippen LogP contribution in [0.25, 0.3) is 0 Å². The quantitative estimate of drug-likeness (QED) is 0.883. The Bertz CT molecular complexity index is 604. The molecule has 0 bridgehead atoms. The van der Waals surface area contributed by atoms with E-state index in [9.17, 15) is 13.2 Å². The third-order valence-electron chi connectivity index (χ3n) is 2.45. The van der Waals surface area contributed by atoms with Crippen molar-refractivity contribution in [1.82, 2.24) is 4.90 Å². The molecule has 1 rings (SSSR count). The maximum absolute atomic E-state index is 12.1. The molecular formula is C11H14BrClN2O3S. The fourth-order valence-corrected chi connectivity index (χ4v) is 3.38. The van der Waals surface area contributed by atoms with E-state index >= 15 is 0 Å². The summed E-state index contributed by atoms with van der Waals surface area (Å²) in [7, 11) is -2.31. The van der Waals surface area contributed by atoms with E-state index in [1.807, 2.05) is 6.92 Å². The Morgan fingerprint density at radius 2 is 2.05 bits per heavy atom. The number of amides is 1. The Balaban J connectivity index is 3.33. The van der Waals surface area contributed by atoms with Crippen molar-refractivity contribution in [3.05, 3.63) is 27.2 Å². The standard InChI is InChI=1S/C11H14BrClN2O3S/c1-3-4-15(2)11(16)7-5-8(13)10(12)9(6-7)19(14,17)18/h5-6H,3-4H2,1-2H3,(H2,14,17,18). The van der Waals surface area contributed by atoms with Gasteiger partial charge in [-0.25, -0.2) is 13.6 Å². The van der Waals surface area contributed by atoms with E-state index in [1.165, 1.54) is 17.0 Å². The fraction of sp³-hybridized carbons (Fsp3) is 0.364. The summed E-state index contributed by atoms with van der Waals surface area (Å²) in [4.78, 5) is 13.4. The summed E-state index contributed by atoms with van der Waals surface area (Å²) in [5.74, 6) is -0.304. The van der Waals surface area contributed by atoms with Crippen LogP contribution in [0.15, 0.2) is 21.5 Å². The minimum absolute atomic E-state index is 0.125. The van der Waals surface area contributed by atoms with E-state index in [0.717, 1.165) is 6.42 Å². The van der Waals surface area contributed by atoms with Crippen LogP contribution in [0, 0.1) is 0 Å². The van der Waals surface area contributed by atoms with E-state index in [4.69, 9.17) is 16.7 Å². The molecule has 5 nitrogen and oxygen atoms in total. The van der Waals surface area contributed by atoms with Gasteiger partial charge in [-0.1, -0.05) is 18.5 Å². The van der Waals surface area contributed by atoms with Gasteiger partial charge < -0.3 is 4.90 Å². The number of hydrogen-bond donors (Lipinski definition) is 1. The number of rotatable bonds is 4. The van der Waals surface area contributed by atoms with Gasteiger partial charge >= 0.3 is 0 Å². The average molecular weight is 370 g/mol. The van der Waals surface area contributed by atoms with Crippen LogP contribution in [-0.4, -0.2) is 32.8 Å². The molecule has 8 heteroatoms. The third kappa shape index (κ3) is 3.92. The van der Waals surface area contributed by atoms with Crippen LogP contribution >= 0.6 is 27.5 Å². The van der Waals surface area contributed by atoms with Gasteiger partial charge in [0.1, 0.15) is 0 Å². The average Bonchev–Trinajstić information content (AvgIpc) is 2.30. The molecule has 1 aromatic carbocycles. The van der Waals surface area contributed by atoms with Crippen LogP contribution in [0.4, 0.5) is 0 Å². The van der Waals surface area contributed by atoms with Gasteiger partial charge in [-0.05, 0) is 34.5 Å². The van der Waals surface area contributed by atoms with Gasteiger partial charge in [0, 0.05) is 19.2 Å². The first-order valence-corrected chi connectivity index (χ1v) is 8.17. The molecule has 0 atom stereocenters. The number of sulfonamides is 1. The van der Waals surface area contributed by atoms with Crippen LogP contribution in [0.5, 0.6) is 0 Å². The minimum Gasteiger partial charge on any atom is -0.342 e. The largest absolute Gasteiger partial charge is 0.342 e. The molecule has 1 aromatic rings. The number of halogens is 2. The highest BCUT2D eigenvalue weighted by atomic mass is 79.9. The van der Waals surface area contributed by atoms with E-state index in [0.29, 0.717) is 6.54 Å². The molecule has 19 heavy (non-hydrogen) atoms. The molecule has 0 unspecified atom stereocenters. The number of carbonyl (C=O) groups is 1. The van der Waals surface area contributed by atoms with E-state index in [-0.39, 0.29) is 25.9 Å². The SMILES string of the molecule is CCCN(C)C(=O)c1cc(Cl)c(Br)c(S(N)(=O)=O)c1. The lowest BCUT2D eigenvalue weighted by Crippen LogP contribution is -2.27. The smallest absolute Gasteiger partial charge is 0.253 e. The second-order valence-corrected chi connectivity index (χ2v) is 6.77. The van der Waals surface area contributed by atoms with Crippen LogP contribution in [0.3, 0.4) is 0 Å². The molecule has 0 heterocycles. The predicted octanol–water partition coefficient (Wildman–Crippen LogP) is 2.23. The molecule has 0 aromatic heterocycles. The molecule has 0 aliphatic heterocycles. The summed E-state index contributed by atoms with van der Waals surface area (Å²) in [6, 6.07) is 2.63. The molecule has 0 saturated heterocycles. The minimum atomic E-state index is -3.95. The molecule has 2 N–H and O–H groups in total. The van der Waals surface area contributed by atoms with Crippen molar-refractivity contribution in [1.29, 1.82) is 0 Å². The number of benzene rings is 1. The predicted molar refractivity (Wildman–Crippen MR) is 77.8 cm³/mol. The highest BCUT2D eigenvalue weighted by Crippen LogP contribution is 2.31. The second-order valence-electron chi connectivity index (χ2n) is 4.04. The maximum atomic E-state index is 12.1. The Kier molecular flexibility index (Phi) is 5.37. The zero-order valence-corrected chi connectivity index (χ0v) is 13.6. The van der Waals surface area contributed by atoms with Crippen molar-refractivity contribution in [2.24, 2.45) is 5.14 Å². The number of primary sulfonamides is 1. The Morgan fingerprint density at radius 1 is 1.47 bits per heavy atom. The van der Waals surface area contributed by atoms with E-state index in [2.05, 4.69) is 15.9 Å². The Morgan fingerprint density at radius 3 is 2.53 bits per heavy atom. The lowest BCUT2D eigenvalue weighted by atomic mass is 10.2. The first-order chi connectivity index (χ1) is 8.68. The highest BCUT2D eigenvalue weighted by molar-refractivity contribution is 9.10. The number of nitrogens with zero attached hydrogens (tertiary/aromatic N) is 1. The van der Waals surface area contributed by atoms with Crippen LogP contribution < -0.4 is 5.14 Å². The zero-order chi connectivity index (χ0) is 14.8. The number of hydrogen-bond acceptors (Lipinski definition) is 3. The summed E-state index contributed by atoms with van der Waals surface area (Å²) in [5.41, 5.74) is 0.188. The second kappa shape index (κ2) is 6.21.